The van der Waals surface area contributed by atoms with Crippen molar-refractivity contribution in [2.45, 2.75) is 0 Å². The Morgan fingerprint density at radius 1 is 0.944 bits per heavy atom. The van der Waals surface area contributed by atoms with E-state index in [1.54, 1.807) is 6.07 Å². The summed E-state index contributed by atoms with van der Waals surface area (Å²) < 4.78 is 0. The summed E-state index contributed by atoms with van der Waals surface area (Å²) in [6.45, 7) is 0. The Morgan fingerprint density at radius 3 is 2.67 bits per heavy atom. The maximum Gasteiger partial charge on any atom is 0.0413 e. The van der Waals surface area contributed by atoms with Crippen molar-refractivity contribution in [1.29, 1.82) is 0 Å². The number of anilines is 1. The summed E-state index contributed by atoms with van der Waals surface area (Å²) in [6.07, 6.45) is 3.67. The predicted octanol–water partition coefficient (Wildman–Crippen LogP) is 4.14. The largest absolute Gasteiger partial charge is 0.398 e. The van der Waals surface area contributed by atoms with Gasteiger partial charge in [-0.3, -0.25) is 4.98 Å². The number of rotatable bonds is 1. The number of pyridine rings is 1. The number of nitrogens with zero attached hydrogens (tertiary/aromatic N) is 1. The Balaban J connectivity index is 2.35. The molecule has 88 valence electrons. The minimum atomic E-state index is 0.673. The molecule has 0 aliphatic carbocycles. The Bertz CT molecular complexity index is 717. The third-order valence-electron chi connectivity index (χ3n) is 2.97. The molecule has 1 aromatic heterocycles. The highest BCUT2D eigenvalue weighted by Gasteiger charge is 2.07. The minimum absolute atomic E-state index is 0.673. The van der Waals surface area contributed by atoms with Crippen LogP contribution in [0, 0.1) is 0 Å². The number of hydrogen-bond donors (Lipinski definition) is 1. The van der Waals surface area contributed by atoms with Gasteiger partial charge >= 0.3 is 0 Å². The maximum absolute atomic E-state index is 6.04. The summed E-state index contributed by atoms with van der Waals surface area (Å²) in [5.74, 6) is 0. The van der Waals surface area contributed by atoms with Gasteiger partial charge in [0, 0.05) is 39.6 Å². The molecule has 0 aliphatic heterocycles. The molecule has 0 atom stereocenters. The van der Waals surface area contributed by atoms with E-state index in [-0.39, 0.29) is 0 Å². The van der Waals surface area contributed by atoms with Gasteiger partial charge in [0.15, 0.2) is 0 Å². The molecule has 2 N–H and O–H groups in total. The topological polar surface area (TPSA) is 38.9 Å². The van der Waals surface area contributed by atoms with E-state index in [0.29, 0.717) is 10.7 Å². The zero-order valence-electron chi connectivity index (χ0n) is 9.60. The van der Waals surface area contributed by atoms with Crippen molar-refractivity contribution < 1.29 is 0 Å². The lowest BCUT2D eigenvalue weighted by atomic mass is 10.00. The Hall–Kier alpha value is -2.06. The van der Waals surface area contributed by atoms with Crippen LogP contribution in [-0.4, -0.2) is 4.98 Å². The SMILES string of the molecule is Nc1ccc(Cl)cc1-c1cncc2ccccc12. The monoisotopic (exact) mass is 254 g/mol. The molecule has 0 amide bonds. The Morgan fingerprint density at radius 2 is 1.78 bits per heavy atom. The van der Waals surface area contributed by atoms with Crippen molar-refractivity contribution >= 4 is 28.1 Å². The average molecular weight is 255 g/mol. The first-order chi connectivity index (χ1) is 8.75. The zero-order valence-corrected chi connectivity index (χ0v) is 10.4. The Labute approximate surface area is 110 Å². The van der Waals surface area contributed by atoms with E-state index in [0.717, 1.165) is 21.9 Å². The molecule has 3 heteroatoms. The van der Waals surface area contributed by atoms with Gasteiger partial charge in [-0.05, 0) is 23.6 Å². The van der Waals surface area contributed by atoms with Gasteiger partial charge in [0.2, 0.25) is 0 Å². The first-order valence-corrected chi connectivity index (χ1v) is 6.01. The third kappa shape index (κ3) is 1.81. The van der Waals surface area contributed by atoms with E-state index >= 15 is 0 Å². The number of hydrogen-bond acceptors (Lipinski definition) is 2. The number of fused-ring (bicyclic) bond motifs is 1. The van der Waals surface area contributed by atoms with Crippen molar-refractivity contribution in [1.82, 2.24) is 4.98 Å². The van der Waals surface area contributed by atoms with Crippen molar-refractivity contribution in [3.8, 4) is 11.1 Å². The molecule has 2 nitrogen and oxygen atoms in total. The second-order valence-electron chi connectivity index (χ2n) is 4.14. The smallest absolute Gasteiger partial charge is 0.0413 e. The van der Waals surface area contributed by atoms with Crippen LogP contribution in [0.25, 0.3) is 21.9 Å². The van der Waals surface area contributed by atoms with Gasteiger partial charge in [0.05, 0.1) is 0 Å². The van der Waals surface area contributed by atoms with Crippen molar-refractivity contribution in [2.24, 2.45) is 0 Å². The molecule has 2 aromatic carbocycles. The predicted molar refractivity (Wildman–Crippen MR) is 76.6 cm³/mol. The molecule has 3 rings (SSSR count). The second-order valence-corrected chi connectivity index (χ2v) is 4.58. The molecule has 0 radical (unpaired) electrons. The first kappa shape index (κ1) is 11.1. The van der Waals surface area contributed by atoms with Crippen LogP contribution in [0.4, 0.5) is 5.69 Å². The van der Waals surface area contributed by atoms with Crippen LogP contribution in [0.2, 0.25) is 5.02 Å². The molecule has 1 heterocycles. The van der Waals surface area contributed by atoms with Gasteiger partial charge in [-0.15, -0.1) is 0 Å². The van der Waals surface area contributed by atoms with Crippen molar-refractivity contribution in [3.63, 3.8) is 0 Å². The van der Waals surface area contributed by atoms with E-state index < -0.39 is 0 Å². The highest BCUT2D eigenvalue weighted by Crippen LogP contribution is 2.33. The van der Waals surface area contributed by atoms with Gasteiger partial charge in [0.1, 0.15) is 0 Å². The summed E-state index contributed by atoms with van der Waals surface area (Å²) in [5.41, 5.74) is 8.66. The lowest BCUT2D eigenvalue weighted by Crippen LogP contribution is -1.91. The number of benzene rings is 2. The zero-order chi connectivity index (χ0) is 12.5. The van der Waals surface area contributed by atoms with Crippen LogP contribution in [0.3, 0.4) is 0 Å². The fourth-order valence-corrected chi connectivity index (χ4v) is 2.26. The van der Waals surface area contributed by atoms with Crippen LogP contribution in [0.15, 0.2) is 54.9 Å². The molecule has 0 bridgehead atoms. The number of nitrogen functional groups attached to an aromatic ring is 1. The van der Waals surface area contributed by atoms with Crippen LogP contribution >= 0.6 is 11.6 Å². The number of aromatic nitrogens is 1. The average Bonchev–Trinajstić information content (AvgIpc) is 2.41. The molecular weight excluding hydrogens is 244 g/mol. The molecule has 0 aliphatic rings. The summed E-state index contributed by atoms with van der Waals surface area (Å²) in [4.78, 5) is 4.26. The minimum Gasteiger partial charge on any atom is -0.398 e. The van der Waals surface area contributed by atoms with E-state index in [1.807, 2.05) is 42.7 Å². The van der Waals surface area contributed by atoms with Crippen molar-refractivity contribution in [3.05, 3.63) is 59.9 Å². The highest BCUT2D eigenvalue weighted by molar-refractivity contribution is 6.31. The summed E-state index contributed by atoms with van der Waals surface area (Å²) in [5, 5.41) is 2.89. The second kappa shape index (κ2) is 4.31. The standard InChI is InChI=1S/C15H11ClN2/c16-11-5-6-15(17)13(7-11)14-9-18-8-10-3-1-2-4-12(10)14/h1-9H,17H2. The van der Waals surface area contributed by atoms with E-state index in [1.165, 1.54) is 0 Å². The van der Waals surface area contributed by atoms with E-state index in [2.05, 4.69) is 11.1 Å². The molecule has 0 saturated heterocycles. The molecule has 3 aromatic rings. The summed E-state index contributed by atoms with van der Waals surface area (Å²) in [7, 11) is 0. The van der Waals surface area contributed by atoms with Crippen LogP contribution in [0.1, 0.15) is 0 Å². The fraction of sp³-hybridized carbons (Fsp3) is 0. The quantitative estimate of drug-likeness (QED) is 0.663. The van der Waals surface area contributed by atoms with Gasteiger partial charge in [-0.1, -0.05) is 35.9 Å². The highest BCUT2D eigenvalue weighted by atomic mass is 35.5. The molecule has 0 saturated carbocycles. The lowest BCUT2D eigenvalue weighted by molar-refractivity contribution is 1.36. The molecular formula is C15H11ClN2. The third-order valence-corrected chi connectivity index (χ3v) is 3.21. The van der Waals surface area contributed by atoms with Crippen LogP contribution in [-0.2, 0) is 0 Å². The fourth-order valence-electron chi connectivity index (χ4n) is 2.09. The molecule has 0 fully saturated rings. The van der Waals surface area contributed by atoms with Crippen LogP contribution < -0.4 is 5.73 Å². The summed E-state index contributed by atoms with van der Waals surface area (Å²) in [6, 6.07) is 13.6. The molecule has 0 unspecified atom stereocenters. The van der Waals surface area contributed by atoms with Gasteiger partial charge in [0.25, 0.3) is 0 Å². The Kier molecular flexibility index (Phi) is 2.65. The van der Waals surface area contributed by atoms with E-state index in [9.17, 15) is 0 Å². The number of halogens is 1. The van der Waals surface area contributed by atoms with Crippen LogP contribution in [0.5, 0.6) is 0 Å². The van der Waals surface area contributed by atoms with E-state index in [4.69, 9.17) is 17.3 Å². The first-order valence-electron chi connectivity index (χ1n) is 5.64. The lowest BCUT2D eigenvalue weighted by Gasteiger charge is -2.09. The summed E-state index contributed by atoms with van der Waals surface area (Å²) >= 11 is 6.04. The molecule has 0 spiro atoms. The van der Waals surface area contributed by atoms with Gasteiger partial charge < -0.3 is 5.73 Å². The van der Waals surface area contributed by atoms with Crippen molar-refractivity contribution in [2.75, 3.05) is 5.73 Å². The van der Waals surface area contributed by atoms with Gasteiger partial charge in [-0.25, -0.2) is 0 Å². The molecule has 18 heavy (non-hydrogen) atoms. The number of nitrogens with two attached hydrogens (primary N) is 1. The van der Waals surface area contributed by atoms with Gasteiger partial charge in [-0.2, -0.15) is 0 Å². The normalized spacial score (nSPS) is 10.7. The maximum atomic E-state index is 6.04.